The molecule has 1 N–H and O–H groups in total. The van der Waals surface area contributed by atoms with E-state index in [-0.39, 0.29) is 23.3 Å². The van der Waals surface area contributed by atoms with Crippen molar-refractivity contribution in [3.63, 3.8) is 0 Å². The second-order valence-electron chi connectivity index (χ2n) is 8.33. The molecule has 0 spiro atoms. The van der Waals surface area contributed by atoms with Crippen LogP contribution >= 0.6 is 0 Å². The molecule has 0 fully saturated rings. The summed E-state index contributed by atoms with van der Waals surface area (Å²) in [5.74, 6) is 0.193. The van der Waals surface area contributed by atoms with Gasteiger partial charge >= 0.3 is 0 Å². The van der Waals surface area contributed by atoms with Crippen molar-refractivity contribution in [1.82, 2.24) is 0 Å². The lowest BCUT2D eigenvalue weighted by Crippen LogP contribution is -2.25. The van der Waals surface area contributed by atoms with Crippen LogP contribution in [0.5, 0.6) is 11.5 Å². The SMILES string of the molecule is O=C1C(=O)c2ccccc2C(O)=C1Cc1ccc(OCCOc2ccc3c(c2)CCC3)cc1. The van der Waals surface area contributed by atoms with Crippen molar-refractivity contribution in [2.24, 2.45) is 0 Å². The topological polar surface area (TPSA) is 72.8 Å². The Morgan fingerprint density at radius 2 is 1.39 bits per heavy atom. The van der Waals surface area contributed by atoms with Gasteiger partial charge in [-0.15, -0.1) is 0 Å². The number of aliphatic hydroxyl groups excluding tert-OH is 1. The van der Waals surface area contributed by atoms with Gasteiger partial charge in [-0.05, 0) is 60.2 Å². The van der Waals surface area contributed by atoms with E-state index in [1.165, 1.54) is 17.5 Å². The minimum absolute atomic E-state index is 0.120. The second kappa shape index (κ2) is 8.94. The van der Waals surface area contributed by atoms with Crippen LogP contribution in [0.25, 0.3) is 5.76 Å². The van der Waals surface area contributed by atoms with Gasteiger partial charge in [0, 0.05) is 17.5 Å². The number of rotatable bonds is 7. The molecule has 0 aromatic heterocycles. The van der Waals surface area contributed by atoms with Crippen molar-refractivity contribution in [3.05, 3.63) is 100 Å². The van der Waals surface area contributed by atoms with Gasteiger partial charge in [0.2, 0.25) is 11.6 Å². The Hall–Kier alpha value is -3.86. The number of ketones is 2. The fraction of sp³-hybridized carbons (Fsp3) is 0.214. The molecule has 33 heavy (non-hydrogen) atoms. The maximum atomic E-state index is 12.5. The first-order valence-electron chi connectivity index (χ1n) is 11.2. The van der Waals surface area contributed by atoms with Gasteiger partial charge in [0.05, 0.1) is 5.57 Å². The van der Waals surface area contributed by atoms with Crippen molar-refractivity contribution in [3.8, 4) is 11.5 Å². The van der Waals surface area contributed by atoms with E-state index in [0.29, 0.717) is 24.5 Å². The van der Waals surface area contributed by atoms with Gasteiger partial charge in [0.1, 0.15) is 30.5 Å². The van der Waals surface area contributed by atoms with Crippen molar-refractivity contribution < 1.29 is 24.2 Å². The average Bonchev–Trinajstić information content (AvgIpc) is 3.32. The first-order valence-corrected chi connectivity index (χ1v) is 11.2. The molecule has 0 amide bonds. The molecule has 0 aliphatic heterocycles. The molecule has 0 saturated carbocycles. The number of aliphatic hydroxyl groups is 1. The zero-order valence-corrected chi connectivity index (χ0v) is 18.2. The summed E-state index contributed by atoms with van der Waals surface area (Å²) in [5.41, 5.74) is 4.38. The predicted molar refractivity (Wildman–Crippen MR) is 125 cm³/mol. The van der Waals surface area contributed by atoms with Crippen LogP contribution in [0.3, 0.4) is 0 Å². The van der Waals surface area contributed by atoms with Gasteiger partial charge in [0.25, 0.3) is 0 Å². The van der Waals surface area contributed by atoms with Crippen LogP contribution in [0.4, 0.5) is 0 Å². The van der Waals surface area contributed by atoms with E-state index < -0.39 is 11.6 Å². The number of carbonyl (C=O) groups excluding carboxylic acids is 2. The van der Waals surface area contributed by atoms with Crippen LogP contribution in [0, 0.1) is 0 Å². The highest BCUT2D eigenvalue weighted by Crippen LogP contribution is 2.30. The zero-order valence-electron chi connectivity index (χ0n) is 18.2. The van der Waals surface area contributed by atoms with E-state index in [2.05, 4.69) is 12.1 Å². The quantitative estimate of drug-likeness (QED) is 0.417. The van der Waals surface area contributed by atoms with Crippen molar-refractivity contribution in [2.75, 3.05) is 13.2 Å². The third kappa shape index (κ3) is 4.27. The fourth-order valence-corrected chi connectivity index (χ4v) is 4.45. The molecule has 5 nitrogen and oxygen atoms in total. The average molecular weight is 440 g/mol. The number of Topliss-reactive ketones (excluding diaryl/α,β-unsaturated/α-hetero) is 2. The Bertz CT molecular complexity index is 1250. The summed E-state index contributed by atoms with van der Waals surface area (Å²) in [5, 5.41) is 10.6. The highest BCUT2D eigenvalue weighted by molar-refractivity contribution is 6.52. The summed E-state index contributed by atoms with van der Waals surface area (Å²) in [6, 6.07) is 20.2. The van der Waals surface area contributed by atoms with Gasteiger partial charge in [-0.3, -0.25) is 9.59 Å². The normalized spacial score (nSPS) is 14.8. The lowest BCUT2D eigenvalue weighted by Gasteiger charge is -2.17. The number of allylic oxidation sites excluding steroid dienone is 1. The molecule has 0 atom stereocenters. The van der Waals surface area contributed by atoms with E-state index in [0.717, 1.165) is 24.2 Å². The zero-order chi connectivity index (χ0) is 22.8. The van der Waals surface area contributed by atoms with Gasteiger partial charge in [0.15, 0.2) is 0 Å². The number of carbonyl (C=O) groups is 2. The second-order valence-corrected chi connectivity index (χ2v) is 8.33. The Morgan fingerprint density at radius 3 is 2.18 bits per heavy atom. The van der Waals surface area contributed by atoms with Crippen LogP contribution in [0.15, 0.2) is 72.3 Å². The van der Waals surface area contributed by atoms with Crippen LogP contribution in [-0.4, -0.2) is 29.9 Å². The molecule has 0 radical (unpaired) electrons. The summed E-state index contributed by atoms with van der Waals surface area (Å²) >= 11 is 0. The third-order valence-electron chi connectivity index (χ3n) is 6.19. The Balaban J connectivity index is 1.18. The molecule has 0 heterocycles. The number of fused-ring (bicyclic) bond motifs is 2. The number of hydrogen-bond donors (Lipinski definition) is 1. The minimum Gasteiger partial charge on any atom is -0.507 e. The summed E-state index contributed by atoms with van der Waals surface area (Å²) in [7, 11) is 0. The standard InChI is InChI=1S/C28H24O5/c29-26-23-6-1-2-7-24(23)27(30)28(31)25(26)16-18-8-11-21(12-9-18)32-14-15-33-22-13-10-19-4-3-5-20(19)17-22/h1-2,6-13,17,29H,3-5,14-16H2. The van der Waals surface area contributed by atoms with E-state index in [9.17, 15) is 14.7 Å². The molecule has 2 aliphatic rings. The summed E-state index contributed by atoms with van der Waals surface area (Å²) < 4.78 is 11.6. The van der Waals surface area contributed by atoms with Crippen LogP contribution in [0.1, 0.15) is 39.0 Å². The van der Waals surface area contributed by atoms with Crippen LogP contribution in [-0.2, 0) is 24.1 Å². The van der Waals surface area contributed by atoms with Crippen LogP contribution in [0.2, 0.25) is 0 Å². The number of ether oxygens (including phenoxy) is 2. The van der Waals surface area contributed by atoms with Crippen molar-refractivity contribution in [1.29, 1.82) is 0 Å². The summed E-state index contributed by atoms with van der Waals surface area (Å²) in [6.45, 7) is 0.851. The van der Waals surface area contributed by atoms with Gasteiger partial charge < -0.3 is 14.6 Å². The molecule has 166 valence electrons. The molecule has 0 saturated heterocycles. The molecule has 5 rings (SSSR count). The van der Waals surface area contributed by atoms with Gasteiger partial charge in [-0.25, -0.2) is 0 Å². The van der Waals surface area contributed by atoms with E-state index in [4.69, 9.17) is 9.47 Å². The largest absolute Gasteiger partial charge is 0.507 e. The molecular formula is C28H24O5. The van der Waals surface area contributed by atoms with Crippen molar-refractivity contribution in [2.45, 2.75) is 25.7 Å². The first-order chi connectivity index (χ1) is 16.1. The molecule has 0 bridgehead atoms. The molecule has 2 aliphatic carbocycles. The molecule has 3 aromatic rings. The highest BCUT2D eigenvalue weighted by Gasteiger charge is 2.32. The van der Waals surface area contributed by atoms with E-state index >= 15 is 0 Å². The Morgan fingerprint density at radius 1 is 0.727 bits per heavy atom. The van der Waals surface area contributed by atoms with Crippen LogP contribution < -0.4 is 9.47 Å². The lowest BCUT2D eigenvalue weighted by atomic mass is 9.86. The fourth-order valence-electron chi connectivity index (χ4n) is 4.45. The molecular weight excluding hydrogens is 416 g/mol. The Labute approximate surface area is 192 Å². The monoisotopic (exact) mass is 440 g/mol. The van der Waals surface area contributed by atoms with E-state index in [1.807, 2.05) is 30.3 Å². The first kappa shape index (κ1) is 21.0. The predicted octanol–water partition coefficient (Wildman–Crippen LogP) is 4.91. The summed E-state index contributed by atoms with van der Waals surface area (Å²) in [4.78, 5) is 24.9. The third-order valence-corrected chi connectivity index (χ3v) is 6.19. The maximum absolute atomic E-state index is 12.5. The molecule has 0 unspecified atom stereocenters. The molecule has 3 aromatic carbocycles. The number of hydrogen-bond acceptors (Lipinski definition) is 5. The van der Waals surface area contributed by atoms with Gasteiger partial charge in [-0.1, -0.05) is 42.5 Å². The maximum Gasteiger partial charge on any atom is 0.234 e. The van der Waals surface area contributed by atoms with E-state index in [1.54, 1.807) is 24.3 Å². The number of aryl methyl sites for hydroxylation is 2. The minimum atomic E-state index is -0.657. The smallest absolute Gasteiger partial charge is 0.234 e. The Kier molecular flexibility index (Phi) is 5.69. The highest BCUT2D eigenvalue weighted by atomic mass is 16.5. The molecule has 5 heteroatoms. The lowest BCUT2D eigenvalue weighted by molar-refractivity contribution is -0.112. The van der Waals surface area contributed by atoms with Crippen molar-refractivity contribution >= 4 is 17.3 Å². The van der Waals surface area contributed by atoms with Gasteiger partial charge in [-0.2, -0.15) is 0 Å². The number of benzene rings is 3. The summed E-state index contributed by atoms with van der Waals surface area (Å²) in [6.07, 6.45) is 3.67.